The van der Waals surface area contributed by atoms with E-state index >= 15 is 0 Å². The van der Waals surface area contributed by atoms with E-state index in [-0.39, 0.29) is 17.4 Å². The second-order valence-corrected chi connectivity index (χ2v) is 9.86. The zero-order valence-corrected chi connectivity index (χ0v) is 19.2. The van der Waals surface area contributed by atoms with E-state index in [1.165, 1.54) is 0 Å². The molecule has 8 heteroatoms. The van der Waals surface area contributed by atoms with Crippen molar-refractivity contribution in [2.45, 2.75) is 40.2 Å². The summed E-state index contributed by atoms with van der Waals surface area (Å²) in [6, 6.07) is 5.85. The minimum atomic E-state index is -0.205. The van der Waals surface area contributed by atoms with E-state index in [1.807, 2.05) is 49.0 Å². The van der Waals surface area contributed by atoms with Crippen LogP contribution < -0.4 is 10.6 Å². The van der Waals surface area contributed by atoms with Gasteiger partial charge in [-0.05, 0) is 43.4 Å². The SMILES string of the molecule is Cc1nn(C)c2cc(C(=O)Nc3cn4cc(C5CC(C(C)(C)C)CN5)nc4cn3)ccc12. The van der Waals surface area contributed by atoms with Crippen molar-refractivity contribution < 1.29 is 4.79 Å². The summed E-state index contributed by atoms with van der Waals surface area (Å²) < 4.78 is 3.72. The molecule has 2 atom stereocenters. The number of imidazole rings is 1. The summed E-state index contributed by atoms with van der Waals surface area (Å²) in [4.78, 5) is 22.0. The Balaban J connectivity index is 1.35. The summed E-state index contributed by atoms with van der Waals surface area (Å²) in [5, 5.41) is 12.0. The Labute approximate surface area is 187 Å². The van der Waals surface area contributed by atoms with Gasteiger partial charge in [0.05, 0.1) is 35.3 Å². The summed E-state index contributed by atoms with van der Waals surface area (Å²) in [7, 11) is 1.88. The zero-order chi connectivity index (χ0) is 22.6. The van der Waals surface area contributed by atoms with E-state index in [4.69, 9.17) is 4.98 Å². The van der Waals surface area contributed by atoms with Gasteiger partial charge in [-0.1, -0.05) is 26.8 Å². The number of anilines is 1. The van der Waals surface area contributed by atoms with Crippen LogP contribution in [0.15, 0.2) is 36.8 Å². The first-order chi connectivity index (χ1) is 15.2. The van der Waals surface area contributed by atoms with Crippen molar-refractivity contribution in [2.24, 2.45) is 18.4 Å². The molecule has 1 amide bonds. The molecule has 32 heavy (non-hydrogen) atoms. The first kappa shape index (κ1) is 20.6. The third kappa shape index (κ3) is 3.64. The number of carbonyl (C=O) groups excluding carboxylic acids is 1. The minimum Gasteiger partial charge on any atom is -0.308 e. The van der Waals surface area contributed by atoms with Gasteiger partial charge < -0.3 is 15.0 Å². The zero-order valence-electron chi connectivity index (χ0n) is 19.2. The number of nitrogens with zero attached hydrogens (tertiary/aromatic N) is 5. The van der Waals surface area contributed by atoms with Crippen LogP contribution in [0.4, 0.5) is 5.82 Å². The Bertz CT molecular complexity index is 1330. The Morgan fingerprint density at radius 1 is 1.25 bits per heavy atom. The molecular weight excluding hydrogens is 402 g/mol. The Kier molecular flexibility index (Phi) is 4.78. The molecule has 0 radical (unpaired) electrons. The average Bonchev–Trinajstić information content (AvgIpc) is 3.45. The first-order valence-corrected chi connectivity index (χ1v) is 11.0. The van der Waals surface area contributed by atoms with Crippen molar-refractivity contribution in [3.8, 4) is 0 Å². The molecule has 1 fully saturated rings. The third-order valence-electron chi connectivity index (χ3n) is 6.61. The molecule has 1 saturated heterocycles. The van der Waals surface area contributed by atoms with Crippen LogP contribution in [0.1, 0.15) is 55.0 Å². The topological polar surface area (TPSA) is 89.1 Å². The normalized spacial score (nSPS) is 19.2. The number of carbonyl (C=O) groups is 1. The molecule has 1 aromatic carbocycles. The summed E-state index contributed by atoms with van der Waals surface area (Å²) in [5.74, 6) is 0.897. The number of rotatable bonds is 3. The molecule has 1 aliphatic heterocycles. The van der Waals surface area contributed by atoms with E-state index in [0.717, 1.165) is 40.9 Å². The third-order valence-corrected chi connectivity index (χ3v) is 6.61. The van der Waals surface area contributed by atoms with Crippen LogP contribution in [0.25, 0.3) is 16.6 Å². The van der Waals surface area contributed by atoms with E-state index in [2.05, 4.69) is 41.5 Å². The van der Waals surface area contributed by atoms with Crippen LogP contribution in [0.5, 0.6) is 0 Å². The van der Waals surface area contributed by atoms with Gasteiger partial charge in [0.1, 0.15) is 5.82 Å². The number of hydrogen-bond donors (Lipinski definition) is 2. The lowest BCUT2D eigenvalue weighted by atomic mass is 9.79. The highest BCUT2D eigenvalue weighted by Gasteiger charge is 2.34. The largest absolute Gasteiger partial charge is 0.308 e. The van der Waals surface area contributed by atoms with Crippen LogP contribution in [-0.2, 0) is 7.05 Å². The van der Waals surface area contributed by atoms with Crippen molar-refractivity contribution in [1.82, 2.24) is 29.5 Å². The monoisotopic (exact) mass is 431 g/mol. The first-order valence-electron chi connectivity index (χ1n) is 11.0. The average molecular weight is 432 g/mol. The van der Waals surface area contributed by atoms with Crippen molar-refractivity contribution in [1.29, 1.82) is 0 Å². The van der Waals surface area contributed by atoms with E-state index in [0.29, 0.717) is 17.3 Å². The lowest BCUT2D eigenvalue weighted by molar-refractivity contribution is 0.102. The van der Waals surface area contributed by atoms with Gasteiger partial charge in [0.15, 0.2) is 5.65 Å². The van der Waals surface area contributed by atoms with Crippen LogP contribution in [0, 0.1) is 18.3 Å². The maximum Gasteiger partial charge on any atom is 0.256 e. The van der Waals surface area contributed by atoms with Gasteiger partial charge in [0.25, 0.3) is 5.91 Å². The Morgan fingerprint density at radius 2 is 2.06 bits per heavy atom. The summed E-state index contributed by atoms with van der Waals surface area (Å²) in [5.41, 5.74) is 4.50. The number of benzene rings is 1. The lowest BCUT2D eigenvalue weighted by Crippen LogP contribution is -2.22. The van der Waals surface area contributed by atoms with Gasteiger partial charge in [-0.15, -0.1) is 0 Å². The molecule has 0 aliphatic carbocycles. The molecular formula is C24H29N7O. The Morgan fingerprint density at radius 3 is 2.81 bits per heavy atom. The number of nitrogens with one attached hydrogen (secondary N) is 2. The molecule has 3 aromatic heterocycles. The summed E-state index contributed by atoms with van der Waals surface area (Å²) in [6.07, 6.45) is 6.61. The molecule has 166 valence electrons. The van der Waals surface area contributed by atoms with Gasteiger partial charge >= 0.3 is 0 Å². The molecule has 5 rings (SSSR count). The molecule has 0 spiro atoms. The minimum absolute atomic E-state index is 0.205. The maximum atomic E-state index is 12.8. The molecule has 8 nitrogen and oxygen atoms in total. The molecule has 0 saturated carbocycles. The fourth-order valence-corrected chi connectivity index (χ4v) is 4.54. The second kappa shape index (κ2) is 7.41. The van der Waals surface area contributed by atoms with Gasteiger partial charge in [-0.2, -0.15) is 5.10 Å². The van der Waals surface area contributed by atoms with Crippen LogP contribution in [-0.4, -0.2) is 36.6 Å². The van der Waals surface area contributed by atoms with Gasteiger partial charge in [-0.25, -0.2) is 9.97 Å². The highest BCUT2D eigenvalue weighted by atomic mass is 16.1. The van der Waals surface area contributed by atoms with Gasteiger partial charge in [0, 0.05) is 24.2 Å². The van der Waals surface area contributed by atoms with Crippen LogP contribution in [0.2, 0.25) is 0 Å². The number of fused-ring (bicyclic) bond motifs is 2. The molecule has 2 N–H and O–H groups in total. The molecule has 4 aromatic rings. The van der Waals surface area contributed by atoms with Crippen molar-refractivity contribution in [2.75, 3.05) is 11.9 Å². The Hall–Kier alpha value is -3.26. The second-order valence-electron chi connectivity index (χ2n) is 9.86. The summed E-state index contributed by atoms with van der Waals surface area (Å²) in [6.45, 7) is 9.83. The van der Waals surface area contributed by atoms with Crippen LogP contribution >= 0.6 is 0 Å². The van der Waals surface area contributed by atoms with Crippen molar-refractivity contribution in [3.05, 3.63) is 53.7 Å². The number of amides is 1. The van der Waals surface area contributed by atoms with Crippen molar-refractivity contribution in [3.63, 3.8) is 0 Å². The molecule has 4 heterocycles. The maximum absolute atomic E-state index is 12.8. The predicted molar refractivity (Wildman–Crippen MR) is 125 cm³/mol. The highest BCUT2D eigenvalue weighted by Crippen LogP contribution is 2.37. The number of hydrogen-bond acceptors (Lipinski definition) is 5. The molecule has 1 aliphatic rings. The highest BCUT2D eigenvalue weighted by molar-refractivity contribution is 6.05. The predicted octanol–water partition coefficient (Wildman–Crippen LogP) is 3.87. The van der Waals surface area contributed by atoms with Crippen molar-refractivity contribution >= 4 is 28.3 Å². The van der Waals surface area contributed by atoms with E-state index < -0.39 is 0 Å². The standard InChI is InChI=1S/C24H29N7O/c1-14-17-7-6-15(8-20(17)30(5)29-14)23(32)28-21-13-31-12-19(27-22(31)11-26-21)18-9-16(10-25-18)24(2,3)4/h6-8,11-13,16,18,25H,9-10H2,1-5H3,(H,28,32). The van der Waals surface area contributed by atoms with E-state index in [1.54, 1.807) is 10.9 Å². The van der Waals surface area contributed by atoms with Gasteiger partial charge in [-0.3, -0.25) is 9.48 Å². The lowest BCUT2D eigenvalue weighted by Gasteiger charge is -2.25. The fraction of sp³-hybridized carbons (Fsp3) is 0.417. The fourth-order valence-electron chi connectivity index (χ4n) is 4.54. The quantitative estimate of drug-likeness (QED) is 0.514. The summed E-state index contributed by atoms with van der Waals surface area (Å²) >= 11 is 0. The smallest absolute Gasteiger partial charge is 0.256 e. The van der Waals surface area contributed by atoms with Gasteiger partial charge in [0.2, 0.25) is 0 Å². The number of aryl methyl sites for hydroxylation is 2. The molecule has 0 bridgehead atoms. The van der Waals surface area contributed by atoms with E-state index in [9.17, 15) is 4.79 Å². The molecule has 2 unspecified atom stereocenters. The van der Waals surface area contributed by atoms with Crippen LogP contribution in [0.3, 0.4) is 0 Å². The number of aromatic nitrogens is 5.